The van der Waals surface area contributed by atoms with Gasteiger partial charge in [0.25, 0.3) is 0 Å². The second-order valence-corrected chi connectivity index (χ2v) is 4.73. The molecule has 1 aliphatic heterocycles. The Morgan fingerprint density at radius 2 is 2.29 bits per heavy atom. The number of aromatic nitrogens is 2. The van der Waals surface area contributed by atoms with Crippen molar-refractivity contribution in [1.82, 2.24) is 15.3 Å². The lowest BCUT2D eigenvalue weighted by Crippen LogP contribution is -2.20. The van der Waals surface area contributed by atoms with Gasteiger partial charge in [0.05, 0.1) is 0 Å². The monoisotopic (exact) mass is 247 g/mol. The van der Waals surface area contributed by atoms with Gasteiger partial charge >= 0.3 is 0 Å². The van der Waals surface area contributed by atoms with E-state index in [1.807, 2.05) is 11.4 Å². The van der Waals surface area contributed by atoms with E-state index >= 15 is 0 Å². The quantitative estimate of drug-likeness (QED) is 0.900. The van der Waals surface area contributed by atoms with Gasteiger partial charge in [0, 0.05) is 29.9 Å². The molecule has 0 amide bonds. The fraction of sp³-hybridized carbons (Fsp3) is 0.333. The van der Waals surface area contributed by atoms with Crippen LogP contribution in [0.1, 0.15) is 6.42 Å². The Balaban J connectivity index is 1.88. The Labute approximate surface area is 104 Å². The van der Waals surface area contributed by atoms with Crippen LogP contribution in [0.4, 0.5) is 0 Å². The normalized spacial score (nSPS) is 19.4. The number of thiophene rings is 1. The first-order valence-electron chi connectivity index (χ1n) is 5.64. The third kappa shape index (κ3) is 2.30. The Morgan fingerprint density at radius 3 is 3.06 bits per heavy atom. The third-order valence-electron chi connectivity index (χ3n) is 2.75. The lowest BCUT2D eigenvalue weighted by molar-refractivity contribution is 0.214. The summed E-state index contributed by atoms with van der Waals surface area (Å²) in [5.74, 6) is 0.639. The molecule has 0 aliphatic carbocycles. The molecular weight excluding hydrogens is 234 g/mol. The standard InChI is InChI=1S/C12H13N3OS/c1-3-13-7-10(1)16-12-11(14-4-5-15-12)9-2-6-17-8-9/h2,4-6,8,10,13H,1,3,7H2. The molecule has 2 aromatic rings. The van der Waals surface area contributed by atoms with Gasteiger partial charge in [-0.1, -0.05) is 0 Å². The van der Waals surface area contributed by atoms with Crippen LogP contribution in [-0.4, -0.2) is 29.2 Å². The molecule has 3 rings (SSSR count). The Bertz CT molecular complexity index is 480. The van der Waals surface area contributed by atoms with Crippen molar-refractivity contribution in [3.63, 3.8) is 0 Å². The summed E-state index contributed by atoms with van der Waals surface area (Å²) in [6.45, 7) is 1.90. The lowest BCUT2D eigenvalue weighted by Gasteiger charge is -2.13. The molecule has 1 N–H and O–H groups in total. The molecule has 1 aliphatic rings. The topological polar surface area (TPSA) is 47.0 Å². The summed E-state index contributed by atoms with van der Waals surface area (Å²) in [6.07, 6.45) is 4.61. The summed E-state index contributed by atoms with van der Waals surface area (Å²) in [7, 11) is 0. The Morgan fingerprint density at radius 1 is 1.35 bits per heavy atom. The first-order chi connectivity index (χ1) is 8.43. The van der Waals surface area contributed by atoms with Crippen molar-refractivity contribution in [3.8, 4) is 17.1 Å². The zero-order valence-corrected chi connectivity index (χ0v) is 10.1. The summed E-state index contributed by atoms with van der Waals surface area (Å²) in [5.41, 5.74) is 1.91. The van der Waals surface area contributed by atoms with Gasteiger partial charge in [-0.15, -0.1) is 0 Å². The van der Waals surface area contributed by atoms with E-state index in [2.05, 4.69) is 20.7 Å². The highest BCUT2D eigenvalue weighted by molar-refractivity contribution is 7.08. The van der Waals surface area contributed by atoms with Gasteiger partial charge in [0.2, 0.25) is 5.88 Å². The largest absolute Gasteiger partial charge is 0.471 e. The van der Waals surface area contributed by atoms with Gasteiger partial charge in [0.15, 0.2) is 0 Å². The van der Waals surface area contributed by atoms with Crippen molar-refractivity contribution in [2.45, 2.75) is 12.5 Å². The maximum absolute atomic E-state index is 5.90. The average Bonchev–Trinajstić information content (AvgIpc) is 3.01. The van der Waals surface area contributed by atoms with Crippen LogP contribution in [0.25, 0.3) is 11.3 Å². The van der Waals surface area contributed by atoms with Crippen LogP contribution in [0.15, 0.2) is 29.2 Å². The van der Waals surface area contributed by atoms with Crippen LogP contribution in [-0.2, 0) is 0 Å². The zero-order valence-electron chi connectivity index (χ0n) is 9.30. The van der Waals surface area contributed by atoms with Gasteiger partial charge in [-0.25, -0.2) is 9.97 Å². The van der Waals surface area contributed by atoms with E-state index in [-0.39, 0.29) is 6.10 Å². The van der Waals surface area contributed by atoms with Gasteiger partial charge in [-0.05, 0) is 24.4 Å². The van der Waals surface area contributed by atoms with E-state index in [4.69, 9.17) is 4.74 Å². The number of rotatable bonds is 3. The second kappa shape index (κ2) is 4.81. The van der Waals surface area contributed by atoms with Crippen LogP contribution < -0.4 is 10.1 Å². The van der Waals surface area contributed by atoms with Gasteiger partial charge in [-0.3, -0.25) is 0 Å². The third-order valence-corrected chi connectivity index (χ3v) is 3.44. The lowest BCUT2D eigenvalue weighted by atomic mass is 10.2. The number of hydrogen-bond acceptors (Lipinski definition) is 5. The SMILES string of the molecule is c1cnc(-c2ccsc2)c(OC2CCNC2)n1. The van der Waals surface area contributed by atoms with Gasteiger partial charge < -0.3 is 10.1 Å². The molecule has 1 saturated heterocycles. The predicted molar refractivity (Wildman–Crippen MR) is 67.2 cm³/mol. The first-order valence-corrected chi connectivity index (χ1v) is 6.59. The predicted octanol–water partition coefficient (Wildman–Crippen LogP) is 1.95. The van der Waals surface area contributed by atoms with Gasteiger partial charge in [0.1, 0.15) is 11.8 Å². The minimum Gasteiger partial charge on any atom is -0.471 e. The number of hydrogen-bond donors (Lipinski definition) is 1. The van der Waals surface area contributed by atoms with E-state index in [0.717, 1.165) is 30.8 Å². The Hall–Kier alpha value is -1.46. The summed E-state index contributed by atoms with van der Waals surface area (Å²) in [5, 5.41) is 7.37. The van der Waals surface area contributed by atoms with Crippen LogP contribution >= 0.6 is 11.3 Å². The summed E-state index contributed by atoms with van der Waals surface area (Å²) >= 11 is 1.65. The van der Waals surface area contributed by atoms with Crippen LogP contribution in [0.5, 0.6) is 5.88 Å². The fourth-order valence-corrected chi connectivity index (χ4v) is 2.54. The number of nitrogens with zero attached hydrogens (tertiary/aromatic N) is 2. The van der Waals surface area contributed by atoms with Crippen molar-refractivity contribution in [1.29, 1.82) is 0 Å². The fourth-order valence-electron chi connectivity index (χ4n) is 1.90. The van der Waals surface area contributed by atoms with Crippen molar-refractivity contribution in [2.75, 3.05) is 13.1 Å². The zero-order chi connectivity index (χ0) is 11.5. The molecule has 1 atom stereocenters. The van der Waals surface area contributed by atoms with Crippen molar-refractivity contribution < 1.29 is 4.74 Å². The first kappa shape index (κ1) is 10.7. The molecule has 5 heteroatoms. The van der Waals surface area contributed by atoms with E-state index in [0.29, 0.717) is 5.88 Å². The van der Waals surface area contributed by atoms with Crippen molar-refractivity contribution in [2.24, 2.45) is 0 Å². The van der Waals surface area contributed by atoms with Crippen LogP contribution in [0.3, 0.4) is 0 Å². The summed E-state index contributed by atoms with van der Waals surface area (Å²) in [6, 6.07) is 2.04. The van der Waals surface area contributed by atoms with E-state index in [1.165, 1.54) is 0 Å². The van der Waals surface area contributed by atoms with Crippen molar-refractivity contribution in [3.05, 3.63) is 29.2 Å². The molecular formula is C12H13N3OS. The molecule has 88 valence electrons. The highest BCUT2D eigenvalue weighted by Crippen LogP contribution is 2.28. The molecule has 1 unspecified atom stereocenters. The number of ether oxygens (including phenoxy) is 1. The molecule has 2 aromatic heterocycles. The second-order valence-electron chi connectivity index (χ2n) is 3.95. The highest BCUT2D eigenvalue weighted by Gasteiger charge is 2.19. The molecule has 0 saturated carbocycles. The number of nitrogens with one attached hydrogen (secondary N) is 1. The molecule has 0 radical (unpaired) electrons. The smallest absolute Gasteiger partial charge is 0.240 e. The minimum absolute atomic E-state index is 0.212. The molecule has 3 heterocycles. The maximum atomic E-state index is 5.90. The molecule has 1 fully saturated rings. The highest BCUT2D eigenvalue weighted by atomic mass is 32.1. The molecule has 4 nitrogen and oxygen atoms in total. The Kier molecular flexibility index (Phi) is 3.02. The van der Waals surface area contributed by atoms with Crippen LogP contribution in [0.2, 0.25) is 0 Å². The molecule has 0 bridgehead atoms. The average molecular weight is 247 g/mol. The van der Waals surface area contributed by atoms with Gasteiger partial charge in [-0.2, -0.15) is 11.3 Å². The van der Waals surface area contributed by atoms with E-state index < -0.39 is 0 Å². The summed E-state index contributed by atoms with van der Waals surface area (Å²) in [4.78, 5) is 8.65. The van der Waals surface area contributed by atoms with Crippen LogP contribution in [0, 0.1) is 0 Å². The molecule has 0 spiro atoms. The van der Waals surface area contributed by atoms with E-state index in [9.17, 15) is 0 Å². The van der Waals surface area contributed by atoms with Crippen molar-refractivity contribution >= 4 is 11.3 Å². The molecule has 0 aromatic carbocycles. The maximum Gasteiger partial charge on any atom is 0.240 e. The van der Waals surface area contributed by atoms with E-state index in [1.54, 1.807) is 23.7 Å². The molecule has 17 heavy (non-hydrogen) atoms. The minimum atomic E-state index is 0.212. The summed E-state index contributed by atoms with van der Waals surface area (Å²) < 4.78 is 5.90.